The van der Waals surface area contributed by atoms with Crippen LogP contribution in [0.5, 0.6) is 11.5 Å². The normalized spacial score (nSPS) is 16.3. The van der Waals surface area contributed by atoms with E-state index in [0.717, 1.165) is 0 Å². The van der Waals surface area contributed by atoms with Gasteiger partial charge in [-0.1, -0.05) is 12.1 Å². The van der Waals surface area contributed by atoms with Crippen LogP contribution in [0, 0.1) is 0 Å². The van der Waals surface area contributed by atoms with E-state index >= 15 is 0 Å². The van der Waals surface area contributed by atoms with Gasteiger partial charge in [0.15, 0.2) is 11.5 Å². The van der Waals surface area contributed by atoms with Crippen LogP contribution in [-0.4, -0.2) is 48.6 Å². The summed E-state index contributed by atoms with van der Waals surface area (Å²) in [7, 11) is 0. The van der Waals surface area contributed by atoms with Crippen LogP contribution in [0.4, 0.5) is 0 Å². The summed E-state index contributed by atoms with van der Waals surface area (Å²) in [5, 5.41) is 2.78. The van der Waals surface area contributed by atoms with Gasteiger partial charge in [0, 0.05) is 12.6 Å². The number of likely N-dealkylation sites (N-methyl/N-ethyl adjacent to an activating group) is 1. The van der Waals surface area contributed by atoms with E-state index in [0.29, 0.717) is 18.0 Å². The van der Waals surface area contributed by atoms with Gasteiger partial charge in [-0.3, -0.25) is 9.59 Å². The summed E-state index contributed by atoms with van der Waals surface area (Å²) in [6, 6.07) is 7.27. The molecule has 22 heavy (non-hydrogen) atoms. The number of rotatable bonds is 5. The molecule has 120 valence electrons. The molecule has 0 fully saturated rings. The van der Waals surface area contributed by atoms with Gasteiger partial charge in [-0.05, 0) is 32.9 Å². The molecule has 1 heterocycles. The Bertz CT molecular complexity index is 545. The fourth-order valence-electron chi connectivity index (χ4n) is 2.23. The standard InChI is InChI=1S/C16H22N2O4/c1-4-18(9-15(19)17-11(2)3)16(20)14-10-21-12-7-5-6-8-13(12)22-14/h5-8,11,14H,4,9-10H2,1-3H3,(H,17,19)/t14-/m0/s1. The summed E-state index contributed by atoms with van der Waals surface area (Å²) in [5.41, 5.74) is 0. The molecule has 1 atom stereocenters. The molecule has 0 aromatic heterocycles. The lowest BCUT2D eigenvalue weighted by atomic mass is 10.2. The van der Waals surface area contributed by atoms with Crippen molar-refractivity contribution in [2.24, 2.45) is 0 Å². The fourth-order valence-corrected chi connectivity index (χ4v) is 2.23. The van der Waals surface area contributed by atoms with Crippen molar-refractivity contribution >= 4 is 11.8 Å². The second-order valence-corrected chi connectivity index (χ2v) is 5.44. The monoisotopic (exact) mass is 306 g/mol. The molecule has 0 unspecified atom stereocenters. The predicted molar refractivity (Wildman–Crippen MR) is 81.9 cm³/mol. The van der Waals surface area contributed by atoms with Gasteiger partial charge in [0.2, 0.25) is 12.0 Å². The molecular formula is C16H22N2O4. The van der Waals surface area contributed by atoms with E-state index in [-0.39, 0.29) is 31.0 Å². The Morgan fingerprint density at radius 2 is 2.00 bits per heavy atom. The fraction of sp³-hybridized carbons (Fsp3) is 0.500. The third-order valence-corrected chi connectivity index (χ3v) is 3.26. The third-order valence-electron chi connectivity index (χ3n) is 3.26. The van der Waals surface area contributed by atoms with Crippen LogP contribution < -0.4 is 14.8 Å². The minimum absolute atomic E-state index is 0.0228. The number of ether oxygens (including phenoxy) is 2. The Kier molecular flexibility index (Phi) is 5.25. The lowest BCUT2D eigenvalue weighted by Crippen LogP contribution is -2.50. The number of fused-ring (bicyclic) bond motifs is 1. The molecule has 1 aromatic rings. The van der Waals surface area contributed by atoms with Crippen molar-refractivity contribution in [2.75, 3.05) is 19.7 Å². The quantitative estimate of drug-likeness (QED) is 0.887. The maximum atomic E-state index is 12.5. The molecule has 2 amide bonds. The van der Waals surface area contributed by atoms with Crippen molar-refractivity contribution in [1.82, 2.24) is 10.2 Å². The molecular weight excluding hydrogens is 284 g/mol. The maximum absolute atomic E-state index is 12.5. The minimum atomic E-state index is -0.721. The number of hydrogen-bond donors (Lipinski definition) is 1. The van der Waals surface area contributed by atoms with Crippen LogP contribution in [0.15, 0.2) is 24.3 Å². The van der Waals surface area contributed by atoms with Crippen LogP contribution in [-0.2, 0) is 9.59 Å². The molecule has 1 aliphatic rings. The van der Waals surface area contributed by atoms with Crippen molar-refractivity contribution < 1.29 is 19.1 Å². The van der Waals surface area contributed by atoms with Gasteiger partial charge in [0.25, 0.3) is 5.91 Å². The van der Waals surface area contributed by atoms with Crippen LogP contribution in [0.25, 0.3) is 0 Å². The van der Waals surface area contributed by atoms with E-state index in [1.807, 2.05) is 32.9 Å². The lowest BCUT2D eigenvalue weighted by molar-refractivity contribution is -0.144. The van der Waals surface area contributed by atoms with Crippen LogP contribution in [0.3, 0.4) is 0 Å². The van der Waals surface area contributed by atoms with E-state index in [2.05, 4.69) is 5.32 Å². The zero-order chi connectivity index (χ0) is 16.1. The van der Waals surface area contributed by atoms with Crippen molar-refractivity contribution in [3.05, 3.63) is 24.3 Å². The summed E-state index contributed by atoms with van der Waals surface area (Å²) in [6.45, 7) is 6.20. The first kappa shape index (κ1) is 16.1. The van der Waals surface area contributed by atoms with E-state index in [4.69, 9.17) is 9.47 Å². The van der Waals surface area contributed by atoms with Gasteiger partial charge in [-0.15, -0.1) is 0 Å². The largest absolute Gasteiger partial charge is 0.485 e. The SMILES string of the molecule is CCN(CC(=O)NC(C)C)C(=O)[C@@H]1COc2ccccc2O1. The number of nitrogens with one attached hydrogen (secondary N) is 1. The highest BCUT2D eigenvalue weighted by Crippen LogP contribution is 2.31. The highest BCUT2D eigenvalue weighted by atomic mass is 16.6. The zero-order valence-corrected chi connectivity index (χ0v) is 13.2. The van der Waals surface area contributed by atoms with Crippen molar-refractivity contribution in [3.63, 3.8) is 0 Å². The van der Waals surface area contributed by atoms with Gasteiger partial charge in [0.1, 0.15) is 6.61 Å². The molecule has 0 aliphatic carbocycles. The Morgan fingerprint density at radius 3 is 2.64 bits per heavy atom. The second-order valence-electron chi connectivity index (χ2n) is 5.44. The number of benzene rings is 1. The molecule has 1 aliphatic heterocycles. The zero-order valence-electron chi connectivity index (χ0n) is 13.2. The molecule has 1 aromatic carbocycles. The summed E-state index contributed by atoms with van der Waals surface area (Å²) < 4.78 is 11.2. The van der Waals surface area contributed by atoms with Gasteiger partial charge in [-0.2, -0.15) is 0 Å². The molecule has 0 saturated heterocycles. The van der Waals surface area contributed by atoms with Crippen molar-refractivity contribution in [3.8, 4) is 11.5 Å². The number of carbonyl (C=O) groups is 2. The molecule has 0 spiro atoms. The van der Waals surface area contributed by atoms with Gasteiger partial charge in [0.05, 0.1) is 6.54 Å². The first-order chi connectivity index (χ1) is 10.5. The molecule has 0 radical (unpaired) electrons. The first-order valence-corrected chi connectivity index (χ1v) is 7.48. The highest BCUT2D eigenvalue weighted by Gasteiger charge is 2.31. The molecule has 0 bridgehead atoms. The van der Waals surface area contributed by atoms with Crippen molar-refractivity contribution in [2.45, 2.75) is 32.9 Å². The summed E-state index contributed by atoms with van der Waals surface area (Å²) in [5.74, 6) is 0.764. The number of hydrogen-bond acceptors (Lipinski definition) is 4. The van der Waals surface area contributed by atoms with E-state index < -0.39 is 6.10 Å². The lowest BCUT2D eigenvalue weighted by Gasteiger charge is -2.30. The third kappa shape index (κ3) is 3.90. The van der Waals surface area contributed by atoms with Crippen LogP contribution in [0.1, 0.15) is 20.8 Å². The van der Waals surface area contributed by atoms with Crippen LogP contribution in [0.2, 0.25) is 0 Å². The summed E-state index contributed by atoms with van der Waals surface area (Å²) in [6.07, 6.45) is -0.721. The Hall–Kier alpha value is -2.24. The van der Waals surface area contributed by atoms with E-state index in [1.54, 1.807) is 12.1 Å². The Balaban J connectivity index is 1.99. The number of nitrogens with zero attached hydrogens (tertiary/aromatic N) is 1. The Morgan fingerprint density at radius 1 is 1.32 bits per heavy atom. The number of amides is 2. The molecule has 0 saturated carbocycles. The first-order valence-electron chi connectivity index (χ1n) is 7.48. The summed E-state index contributed by atoms with van der Waals surface area (Å²) >= 11 is 0. The smallest absolute Gasteiger partial charge is 0.267 e. The minimum Gasteiger partial charge on any atom is -0.485 e. The average molecular weight is 306 g/mol. The van der Waals surface area contributed by atoms with Gasteiger partial charge < -0.3 is 19.7 Å². The van der Waals surface area contributed by atoms with Crippen molar-refractivity contribution in [1.29, 1.82) is 0 Å². The Labute approximate surface area is 130 Å². The second kappa shape index (κ2) is 7.15. The summed E-state index contributed by atoms with van der Waals surface area (Å²) in [4.78, 5) is 25.8. The average Bonchev–Trinajstić information content (AvgIpc) is 2.50. The number of para-hydroxylation sites is 2. The highest BCUT2D eigenvalue weighted by molar-refractivity contribution is 5.87. The molecule has 6 nitrogen and oxygen atoms in total. The van der Waals surface area contributed by atoms with Gasteiger partial charge in [-0.25, -0.2) is 0 Å². The molecule has 1 N–H and O–H groups in total. The number of carbonyl (C=O) groups excluding carboxylic acids is 2. The topological polar surface area (TPSA) is 67.9 Å². The molecule has 6 heteroatoms. The van der Waals surface area contributed by atoms with Crippen LogP contribution >= 0.6 is 0 Å². The molecule has 2 rings (SSSR count). The predicted octanol–water partition coefficient (Wildman–Crippen LogP) is 1.20. The van der Waals surface area contributed by atoms with Gasteiger partial charge >= 0.3 is 0 Å². The van der Waals surface area contributed by atoms with E-state index in [1.165, 1.54) is 4.90 Å². The maximum Gasteiger partial charge on any atom is 0.267 e. The van der Waals surface area contributed by atoms with E-state index in [9.17, 15) is 9.59 Å².